The van der Waals surface area contributed by atoms with Gasteiger partial charge in [-0.25, -0.2) is 0 Å². The van der Waals surface area contributed by atoms with Gasteiger partial charge in [0.15, 0.2) is 5.58 Å². The smallest absolute Gasteiger partial charge is 0.268 e. The Morgan fingerprint density at radius 2 is 1.96 bits per heavy atom. The van der Waals surface area contributed by atoms with Crippen molar-refractivity contribution in [2.45, 2.75) is 13.1 Å². The first kappa shape index (κ1) is 15.6. The van der Waals surface area contributed by atoms with Gasteiger partial charge in [0.25, 0.3) is 5.91 Å². The number of amides is 1. The summed E-state index contributed by atoms with van der Waals surface area (Å²) in [5.41, 5.74) is 2.96. The molecule has 0 radical (unpaired) electrons. The maximum atomic E-state index is 12.7. The van der Waals surface area contributed by atoms with Crippen molar-refractivity contribution in [1.29, 1.82) is 0 Å². The van der Waals surface area contributed by atoms with Gasteiger partial charge >= 0.3 is 0 Å². The molecule has 0 spiro atoms. The fraction of sp³-hybridized carbons (Fsp3) is 0.105. The minimum Gasteiger partial charge on any atom is -0.467 e. The van der Waals surface area contributed by atoms with Gasteiger partial charge in [0, 0.05) is 23.7 Å². The third kappa shape index (κ3) is 3.06. The van der Waals surface area contributed by atoms with Crippen LogP contribution in [0, 0.1) is 0 Å². The van der Waals surface area contributed by atoms with E-state index in [2.05, 4.69) is 5.32 Å². The third-order valence-electron chi connectivity index (χ3n) is 4.04. The lowest BCUT2D eigenvalue weighted by Gasteiger charge is -2.11. The number of hydrogen-bond acceptors (Lipinski definition) is 3. The largest absolute Gasteiger partial charge is 0.467 e. The van der Waals surface area contributed by atoms with Crippen molar-refractivity contribution in [1.82, 2.24) is 9.88 Å². The van der Waals surface area contributed by atoms with Crippen LogP contribution in [-0.2, 0) is 13.1 Å². The van der Waals surface area contributed by atoms with Crippen LogP contribution in [0.1, 0.15) is 21.8 Å². The quantitative estimate of drug-likeness (QED) is 0.575. The number of carbonyl (C=O) groups excluding carboxylic acids is 1. The number of aromatic nitrogens is 1. The highest BCUT2D eigenvalue weighted by molar-refractivity contribution is 6.31. The number of rotatable bonds is 5. The number of nitrogens with one attached hydrogen (secondary N) is 1. The molecule has 0 saturated heterocycles. The molecule has 1 N–H and O–H groups in total. The molecule has 4 rings (SSSR count). The number of benzene rings is 1. The van der Waals surface area contributed by atoms with Gasteiger partial charge in [0.1, 0.15) is 11.5 Å². The highest BCUT2D eigenvalue weighted by atomic mass is 35.5. The van der Waals surface area contributed by atoms with Gasteiger partial charge in [-0.1, -0.05) is 29.8 Å². The number of carbonyl (C=O) groups is 1. The van der Waals surface area contributed by atoms with E-state index >= 15 is 0 Å². The molecule has 25 heavy (non-hydrogen) atoms. The summed E-state index contributed by atoms with van der Waals surface area (Å²) in [5, 5.41) is 3.53. The molecule has 0 bridgehead atoms. The molecule has 0 aliphatic carbocycles. The number of fused-ring (bicyclic) bond motifs is 1. The van der Waals surface area contributed by atoms with Gasteiger partial charge in [-0.15, -0.1) is 0 Å². The molecule has 1 amide bonds. The molecule has 0 saturated carbocycles. The molecule has 4 aromatic rings. The first-order chi connectivity index (χ1) is 12.2. The van der Waals surface area contributed by atoms with Crippen LogP contribution in [-0.4, -0.2) is 10.5 Å². The molecule has 0 unspecified atom stereocenters. The SMILES string of the molecule is O=C(NCc1ccco1)c1cc2occc2n1Cc1ccccc1Cl. The van der Waals surface area contributed by atoms with Crippen LogP contribution in [0.5, 0.6) is 0 Å². The molecule has 0 fully saturated rings. The van der Waals surface area contributed by atoms with E-state index < -0.39 is 0 Å². The number of furan rings is 2. The first-order valence-electron chi connectivity index (χ1n) is 7.83. The molecular formula is C19H15ClN2O3. The van der Waals surface area contributed by atoms with Crippen molar-refractivity contribution >= 4 is 28.6 Å². The van der Waals surface area contributed by atoms with Crippen molar-refractivity contribution < 1.29 is 13.6 Å². The fourth-order valence-corrected chi connectivity index (χ4v) is 3.00. The van der Waals surface area contributed by atoms with Crippen molar-refractivity contribution in [2.24, 2.45) is 0 Å². The fourth-order valence-electron chi connectivity index (χ4n) is 2.80. The maximum Gasteiger partial charge on any atom is 0.268 e. The van der Waals surface area contributed by atoms with Gasteiger partial charge in [-0.3, -0.25) is 4.79 Å². The second-order valence-electron chi connectivity index (χ2n) is 5.64. The highest BCUT2D eigenvalue weighted by Crippen LogP contribution is 2.25. The summed E-state index contributed by atoms with van der Waals surface area (Å²) >= 11 is 6.28. The lowest BCUT2D eigenvalue weighted by atomic mass is 10.2. The minimum atomic E-state index is -0.199. The van der Waals surface area contributed by atoms with Crippen molar-refractivity contribution in [3.63, 3.8) is 0 Å². The Kier molecular flexibility index (Phi) is 4.07. The van der Waals surface area contributed by atoms with Gasteiger partial charge in [0.2, 0.25) is 0 Å². The Hall–Kier alpha value is -2.92. The standard InChI is InChI=1S/C19H15ClN2O3/c20-15-6-2-1-4-13(15)12-22-16-7-9-25-18(16)10-17(22)19(23)21-11-14-5-3-8-24-14/h1-10H,11-12H2,(H,21,23). The Balaban J connectivity index is 1.65. The second-order valence-corrected chi connectivity index (χ2v) is 6.05. The number of hydrogen-bond donors (Lipinski definition) is 1. The molecule has 0 aliphatic heterocycles. The summed E-state index contributed by atoms with van der Waals surface area (Å²) < 4.78 is 12.6. The van der Waals surface area contributed by atoms with Gasteiger partial charge in [-0.05, 0) is 23.8 Å². The van der Waals surface area contributed by atoms with Crippen molar-refractivity contribution in [2.75, 3.05) is 0 Å². The number of nitrogens with zero attached hydrogens (tertiary/aromatic N) is 1. The van der Waals surface area contributed by atoms with Crippen LogP contribution in [0.2, 0.25) is 5.02 Å². The Bertz CT molecular complexity index is 1010. The van der Waals surface area contributed by atoms with E-state index in [-0.39, 0.29) is 5.91 Å². The molecule has 6 heteroatoms. The number of halogens is 1. The Labute approximate surface area is 148 Å². The zero-order valence-electron chi connectivity index (χ0n) is 13.2. The van der Waals surface area contributed by atoms with E-state index in [0.717, 1.165) is 11.1 Å². The van der Waals surface area contributed by atoms with Gasteiger partial charge in [0.05, 0.1) is 24.6 Å². The zero-order valence-corrected chi connectivity index (χ0v) is 14.0. The highest BCUT2D eigenvalue weighted by Gasteiger charge is 2.18. The summed E-state index contributed by atoms with van der Waals surface area (Å²) in [5.74, 6) is 0.496. The monoisotopic (exact) mass is 354 g/mol. The van der Waals surface area contributed by atoms with Crippen molar-refractivity contribution in [3.8, 4) is 0 Å². The molecule has 5 nitrogen and oxygen atoms in total. The Morgan fingerprint density at radius 1 is 1.08 bits per heavy atom. The average Bonchev–Trinajstić information content (AvgIpc) is 3.33. The topological polar surface area (TPSA) is 60.3 Å². The summed E-state index contributed by atoms with van der Waals surface area (Å²) in [6, 6.07) is 14.8. The molecule has 3 aromatic heterocycles. The average molecular weight is 355 g/mol. The van der Waals surface area contributed by atoms with E-state index in [1.54, 1.807) is 24.7 Å². The molecule has 3 heterocycles. The van der Waals surface area contributed by atoms with Crippen LogP contribution in [0.3, 0.4) is 0 Å². The van der Waals surface area contributed by atoms with Gasteiger partial charge in [-0.2, -0.15) is 0 Å². The second kappa shape index (κ2) is 6.53. The lowest BCUT2D eigenvalue weighted by molar-refractivity contribution is 0.0939. The van der Waals surface area contributed by atoms with Crippen LogP contribution in [0.4, 0.5) is 0 Å². The first-order valence-corrected chi connectivity index (χ1v) is 8.21. The van der Waals surface area contributed by atoms with E-state index in [0.29, 0.717) is 35.1 Å². The summed E-state index contributed by atoms with van der Waals surface area (Å²) in [6.45, 7) is 0.802. The van der Waals surface area contributed by atoms with Crippen molar-refractivity contribution in [3.05, 3.63) is 83.1 Å². The van der Waals surface area contributed by atoms with E-state index in [1.807, 2.05) is 41.0 Å². The summed E-state index contributed by atoms with van der Waals surface area (Å²) in [7, 11) is 0. The predicted octanol–water partition coefficient (Wildman–Crippen LogP) is 4.46. The van der Waals surface area contributed by atoms with E-state index in [1.165, 1.54) is 0 Å². The third-order valence-corrected chi connectivity index (χ3v) is 4.41. The van der Waals surface area contributed by atoms with Crippen LogP contribution >= 0.6 is 11.6 Å². The molecular weight excluding hydrogens is 340 g/mol. The van der Waals surface area contributed by atoms with E-state index in [4.69, 9.17) is 20.4 Å². The Morgan fingerprint density at radius 3 is 2.76 bits per heavy atom. The molecule has 0 atom stereocenters. The summed E-state index contributed by atoms with van der Waals surface area (Å²) in [6.07, 6.45) is 3.19. The van der Waals surface area contributed by atoms with E-state index in [9.17, 15) is 4.79 Å². The normalized spacial score (nSPS) is 11.1. The molecule has 126 valence electrons. The maximum absolute atomic E-state index is 12.7. The molecule has 0 aliphatic rings. The van der Waals surface area contributed by atoms with Crippen LogP contribution in [0.15, 0.2) is 69.9 Å². The van der Waals surface area contributed by atoms with Gasteiger partial charge < -0.3 is 18.7 Å². The lowest BCUT2D eigenvalue weighted by Crippen LogP contribution is -2.25. The zero-order chi connectivity index (χ0) is 17.2. The predicted molar refractivity (Wildman–Crippen MR) is 94.6 cm³/mol. The summed E-state index contributed by atoms with van der Waals surface area (Å²) in [4.78, 5) is 12.7. The van der Waals surface area contributed by atoms with Crippen LogP contribution < -0.4 is 5.32 Å². The molecule has 1 aromatic carbocycles. The minimum absolute atomic E-state index is 0.199. The van der Waals surface area contributed by atoms with Crippen LogP contribution in [0.25, 0.3) is 11.1 Å².